The van der Waals surface area contributed by atoms with E-state index in [0.717, 1.165) is 12.1 Å². The highest BCUT2D eigenvalue weighted by molar-refractivity contribution is 6.54. The van der Waals surface area contributed by atoms with E-state index in [0.29, 0.717) is 0 Å². The van der Waals surface area contributed by atoms with Gasteiger partial charge in [-0.3, -0.25) is 14.9 Å². The van der Waals surface area contributed by atoms with Gasteiger partial charge in [-0.25, -0.2) is 4.39 Å². The standard InChI is InChI=1S/C6H2ClF2NO2.CHClO/c7-5-3(8)1-2-4(6(5)9)10(11)12;2-1-3/h1-2H;1H. The van der Waals surface area contributed by atoms with Gasteiger partial charge in [0.2, 0.25) is 11.6 Å². The van der Waals surface area contributed by atoms with Crippen molar-refractivity contribution in [1.29, 1.82) is 0 Å². The maximum Gasteiger partial charge on any atom is 0.306 e. The average molecular weight is 258 g/mol. The largest absolute Gasteiger partial charge is 0.306 e. The molecule has 0 aliphatic carbocycles. The lowest BCUT2D eigenvalue weighted by molar-refractivity contribution is -0.387. The Balaban J connectivity index is 0.000000583. The van der Waals surface area contributed by atoms with Crippen molar-refractivity contribution < 1.29 is 18.5 Å². The predicted molar refractivity (Wildman–Crippen MR) is 50.6 cm³/mol. The number of benzene rings is 1. The van der Waals surface area contributed by atoms with Crippen molar-refractivity contribution in [2.45, 2.75) is 0 Å². The lowest BCUT2D eigenvalue weighted by atomic mass is 10.3. The van der Waals surface area contributed by atoms with E-state index in [-0.39, 0.29) is 5.75 Å². The number of hydrogen-bond acceptors (Lipinski definition) is 3. The van der Waals surface area contributed by atoms with E-state index in [1.807, 2.05) is 0 Å². The van der Waals surface area contributed by atoms with Gasteiger partial charge in [-0.05, 0) is 17.7 Å². The van der Waals surface area contributed by atoms with Gasteiger partial charge in [0.05, 0.1) is 4.92 Å². The molecule has 0 radical (unpaired) electrons. The van der Waals surface area contributed by atoms with Crippen LogP contribution in [0.3, 0.4) is 0 Å². The molecule has 0 fully saturated rings. The second-order valence-electron chi connectivity index (χ2n) is 2.04. The molecule has 0 aromatic heterocycles. The molecule has 0 N–H and O–H groups in total. The van der Waals surface area contributed by atoms with Crippen LogP contribution in [0.25, 0.3) is 0 Å². The summed E-state index contributed by atoms with van der Waals surface area (Å²) in [6.45, 7) is 0. The summed E-state index contributed by atoms with van der Waals surface area (Å²) in [5.74, 6) is -2.14. The minimum absolute atomic E-state index is 0.222. The molecule has 8 heteroatoms. The molecule has 0 saturated heterocycles. The molecule has 0 unspecified atom stereocenters. The molecule has 4 nitrogen and oxygen atoms in total. The van der Waals surface area contributed by atoms with Crippen LogP contribution in [0, 0.1) is 21.7 Å². The third kappa shape index (κ3) is 3.77. The van der Waals surface area contributed by atoms with E-state index in [9.17, 15) is 18.9 Å². The van der Waals surface area contributed by atoms with Crippen LogP contribution in [0.15, 0.2) is 12.1 Å². The van der Waals surface area contributed by atoms with Gasteiger partial charge in [-0.2, -0.15) is 4.39 Å². The third-order valence-corrected chi connectivity index (χ3v) is 1.56. The highest BCUT2D eigenvalue weighted by Gasteiger charge is 2.19. The van der Waals surface area contributed by atoms with Crippen molar-refractivity contribution in [1.82, 2.24) is 0 Å². The first-order valence-corrected chi connectivity index (χ1v) is 4.08. The Hall–Kier alpha value is -1.27. The zero-order valence-electron chi connectivity index (χ0n) is 6.92. The van der Waals surface area contributed by atoms with Crippen LogP contribution in [-0.2, 0) is 4.79 Å². The van der Waals surface area contributed by atoms with E-state index in [1.165, 1.54) is 0 Å². The first-order chi connectivity index (χ1) is 6.95. The molecule has 15 heavy (non-hydrogen) atoms. The van der Waals surface area contributed by atoms with Gasteiger partial charge < -0.3 is 0 Å². The monoisotopic (exact) mass is 257 g/mol. The molecule has 0 saturated carbocycles. The molecule has 0 atom stereocenters. The SMILES string of the molecule is O=CCl.O=[N+]([O-])c1ccc(F)c(Cl)c1F. The first-order valence-electron chi connectivity index (χ1n) is 3.27. The first kappa shape index (κ1) is 13.7. The zero-order valence-corrected chi connectivity index (χ0v) is 8.43. The molecule has 1 rings (SSSR count). The lowest BCUT2D eigenvalue weighted by Crippen LogP contribution is -1.94. The van der Waals surface area contributed by atoms with Crippen LogP contribution in [0.5, 0.6) is 0 Å². The molecule has 0 amide bonds. The predicted octanol–water partition coefficient (Wildman–Crippen LogP) is 2.94. The van der Waals surface area contributed by atoms with Gasteiger partial charge in [0.1, 0.15) is 10.8 Å². The Kier molecular flexibility index (Phi) is 5.73. The second-order valence-corrected chi connectivity index (χ2v) is 2.60. The Morgan fingerprint density at radius 3 is 2.27 bits per heavy atom. The molecule has 0 heterocycles. The maximum atomic E-state index is 12.7. The van der Waals surface area contributed by atoms with Crippen molar-refractivity contribution in [3.05, 3.63) is 38.9 Å². The second kappa shape index (κ2) is 6.26. The van der Waals surface area contributed by atoms with Gasteiger partial charge in [0.25, 0.3) is 0 Å². The Labute approximate surface area is 92.6 Å². The highest BCUT2D eigenvalue weighted by atomic mass is 35.5. The number of nitro groups is 1. The average Bonchev–Trinajstić information content (AvgIpc) is 2.15. The smallest absolute Gasteiger partial charge is 0.285 e. The molecule has 1 aromatic rings. The third-order valence-electron chi connectivity index (χ3n) is 1.21. The van der Waals surface area contributed by atoms with Crippen LogP contribution < -0.4 is 0 Å². The minimum atomic E-state index is -1.35. The van der Waals surface area contributed by atoms with Crippen LogP contribution in [0.1, 0.15) is 0 Å². The molecular weight excluding hydrogens is 255 g/mol. The summed E-state index contributed by atoms with van der Waals surface area (Å²) in [5.41, 5.74) is -0.832. The van der Waals surface area contributed by atoms with Crippen molar-refractivity contribution in [2.75, 3.05) is 0 Å². The topological polar surface area (TPSA) is 60.2 Å². The fourth-order valence-corrected chi connectivity index (χ4v) is 0.817. The summed E-state index contributed by atoms with van der Waals surface area (Å²) in [4.78, 5) is 17.7. The van der Waals surface area contributed by atoms with Crippen LogP contribution in [0.4, 0.5) is 14.5 Å². The summed E-state index contributed by atoms with van der Waals surface area (Å²) in [6, 6.07) is 1.46. The molecule has 0 aliphatic rings. The minimum Gasteiger partial charge on any atom is -0.285 e. The number of nitro benzene ring substituents is 1. The summed E-state index contributed by atoms with van der Waals surface area (Å²) in [6.07, 6.45) is 0. The maximum absolute atomic E-state index is 12.7. The summed E-state index contributed by atoms with van der Waals surface area (Å²) < 4.78 is 25.1. The number of nitrogens with zero attached hydrogens (tertiary/aromatic N) is 1. The van der Waals surface area contributed by atoms with Crippen LogP contribution >= 0.6 is 23.2 Å². The molecular formula is C7H3Cl2F2NO3. The van der Waals surface area contributed by atoms with Crippen molar-refractivity contribution in [2.24, 2.45) is 0 Å². The van der Waals surface area contributed by atoms with Gasteiger partial charge in [0.15, 0.2) is 0 Å². The van der Waals surface area contributed by atoms with Crippen LogP contribution in [0.2, 0.25) is 5.02 Å². The Bertz CT molecular complexity index is 387. The fourth-order valence-electron chi connectivity index (χ4n) is 0.657. The van der Waals surface area contributed by atoms with Gasteiger partial charge in [-0.1, -0.05) is 11.6 Å². The summed E-state index contributed by atoms with van der Waals surface area (Å²) in [7, 11) is 0. The van der Waals surface area contributed by atoms with E-state index in [4.69, 9.17) is 16.4 Å². The molecule has 0 bridgehead atoms. The number of carbonyl (C=O) groups excluding carboxylic acids is 1. The summed E-state index contributed by atoms with van der Waals surface area (Å²) >= 11 is 9.39. The lowest BCUT2D eigenvalue weighted by Gasteiger charge is -1.96. The Morgan fingerprint density at radius 1 is 1.40 bits per heavy atom. The van der Waals surface area contributed by atoms with E-state index in [1.54, 1.807) is 0 Å². The number of hydrogen-bond donors (Lipinski definition) is 0. The number of halogens is 4. The van der Waals surface area contributed by atoms with E-state index < -0.39 is 27.3 Å². The van der Waals surface area contributed by atoms with Gasteiger partial charge in [0, 0.05) is 6.07 Å². The molecule has 1 aromatic carbocycles. The quantitative estimate of drug-likeness (QED) is 0.256. The van der Waals surface area contributed by atoms with Crippen molar-refractivity contribution in [3.8, 4) is 0 Å². The van der Waals surface area contributed by atoms with Crippen molar-refractivity contribution >= 4 is 34.6 Å². The molecule has 0 aliphatic heterocycles. The van der Waals surface area contributed by atoms with Gasteiger partial charge in [-0.15, -0.1) is 0 Å². The van der Waals surface area contributed by atoms with Crippen molar-refractivity contribution in [3.63, 3.8) is 0 Å². The van der Waals surface area contributed by atoms with Gasteiger partial charge >= 0.3 is 5.69 Å². The zero-order chi connectivity index (χ0) is 12.0. The molecule has 82 valence electrons. The molecule has 0 spiro atoms. The van der Waals surface area contributed by atoms with Crippen LogP contribution in [-0.4, -0.2) is 10.7 Å². The number of carbonyl (C=O) groups is 1. The Morgan fingerprint density at radius 2 is 1.87 bits per heavy atom. The van der Waals surface area contributed by atoms with E-state index in [2.05, 4.69) is 11.6 Å². The fraction of sp³-hybridized carbons (Fsp3) is 0. The van der Waals surface area contributed by atoms with E-state index >= 15 is 0 Å². The highest BCUT2D eigenvalue weighted by Crippen LogP contribution is 2.26. The normalized spacial score (nSPS) is 8.80. The number of rotatable bonds is 1. The summed E-state index contributed by atoms with van der Waals surface area (Å²) in [5, 5.41) is 9.21.